The molecule has 0 saturated carbocycles. The van der Waals surface area contributed by atoms with E-state index in [1.54, 1.807) is 18.2 Å². The third-order valence-corrected chi connectivity index (χ3v) is 14.8. The Bertz CT molecular complexity index is 2670. The van der Waals surface area contributed by atoms with Gasteiger partial charge < -0.3 is 74.0 Å². The molecule has 0 radical (unpaired) electrons. The minimum Gasteiger partial charge on any atom is -0.464 e. The molecular formula is C59H81BrN8O15. The van der Waals surface area contributed by atoms with Crippen molar-refractivity contribution >= 4 is 63.2 Å². The third kappa shape index (κ3) is 20.7. The lowest BCUT2D eigenvalue weighted by molar-refractivity contribution is -0.148. The third-order valence-electron chi connectivity index (χ3n) is 14.3. The molecule has 0 aromatic heterocycles. The smallest absolute Gasteiger partial charge is 0.328 e. The lowest BCUT2D eigenvalue weighted by atomic mass is 9.73. The maximum atomic E-state index is 14.5. The first-order valence-electron chi connectivity index (χ1n) is 27.6. The Balaban J connectivity index is 1.36. The van der Waals surface area contributed by atoms with E-state index in [4.69, 9.17) is 38.9 Å². The molecule has 7 amide bonds. The number of nitrogens with two attached hydrogens (primary N) is 1. The molecule has 2 aliphatic rings. The number of amides is 7. The molecule has 4 N–H and O–H groups in total. The number of benzene rings is 3. The first-order valence-corrected chi connectivity index (χ1v) is 28.4. The van der Waals surface area contributed by atoms with Gasteiger partial charge in [0, 0.05) is 78.0 Å². The normalized spacial score (nSPS) is 15.0. The van der Waals surface area contributed by atoms with E-state index < -0.39 is 104 Å². The van der Waals surface area contributed by atoms with Crippen LogP contribution in [0.2, 0.25) is 0 Å². The number of cyclic esters (lactones) is 1. The van der Waals surface area contributed by atoms with Gasteiger partial charge in [-0.1, -0.05) is 84.4 Å². The van der Waals surface area contributed by atoms with Crippen LogP contribution < -0.4 is 25.8 Å². The first-order chi connectivity index (χ1) is 39.8. The average Bonchev–Trinajstić information content (AvgIpc) is 3.66. The second kappa shape index (κ2) is 34.0. The highest BCUT2D eigenvalue weighted by Gasteiger charge is 2.40. The SMILES string of the molecule is COCCN(CC(=O)N(CCOC)CC(=O)N(CCOC)CC(=O)N(CCc1ccc(Br)cc1)CC(=O)N(CCOC)CC(=O)N[C@H]1CCOC1=O)C(=O)/C=C/[C@@H](C(C)C)[C@](C)(NC(=O)[C@@H](N)Cc1ccccc1)c1ccc2c(c1)OCO2. The summed E-state index contributed by atoms with van der Waals surface area (Å²) in [6, 6.07) is 20.5. The van der Waals surface area contributed by atoms with Gasteiger partial charge in [0.15, 0.2) is 11.5 Å². The zero-order valence-corrected chi connectivity index (χ0v) is 50.2. The van der Waals surface area contributed by atoms with E-state index in [2.05, 4.69) is 26.6 Å². The number of carbonyl (C=O) groups is 8. The number of fused-ring (bicyclic) bond motifs is 1. The topological polar surface area (TPSA) is 267 Å². The fourth-order valence-corrected chi connectivity index (χ4v) is 9.76. The zero-order valence-electron chi connectivity index (χ0n) is 48.6. The number of esters is 1. The summed E-state index contributed by atoms with van der Waals surface area (Å²) in [7, 11) is 5.77. The Morgan fingerprint density at radius 2 is 1.19 bits per heavy atom. The number of nitrogens with one attached hydrogen (secondary N) is 2. The van der Waals surface area contributed by atoms with Crippen LogP contribution >= 0.6 is 15.9 Å². The monoisotopic (exact) mass is 1220 g/mol. The summed E-state index contributed by atoms with van der Waals surface area (Å²) in [4.78, 5) is 118. The molecule has 0 bridgehead atoms. The van der Waals surface area contributed by atoms with E-state index in [-0.39, 0.29) is 91.3 Å². The predicted molar refractivity (Wildman–Crippen MR) is 309 cm³/mol. The number of nitrogens with zero attached hydrogens (tertiary/aromatic N) is 5. The molecule has 3 aromatic carbocycles. The van der Waals surface area contributed by atoms with Crippen LogP contribution in [0.1, 0.15) is 43.9 Å². The number of methoxy groups -OCH3 is 4. The molecule has 1 fully saturated rings. The van der Waals surface area contributed by atoms with Gasteiger partial charge in [0.1, 0.15) is 12.6 Å². The Kier molecular flexibility index (Phi) is 27.4. The van der Waals surface area contributed by atoms with Gasteiger partial charge in [-0.15, -0.1) is 0 Å². The summed E-state index contributed by atoms with van der Waals surface area (Å²) in [5.41, 5.74) is 7.78. The quantitative estimate of drug-likeness (QED) is 0.0564. The average molecular weight is 1220 g/mol. The molecule has 0 unspecified atom stereocenters. The maximum Gasteiger partial charge on any atom is 0.328 e. The number of hydrogen-bond acceptors (Lipinski definition) is 16. The number of hydrogen-bond donors (Lipinski definition) is 3. The summed E-state index contributed by atoms with van der Waals surface area (Å²) >= 11 is 3.44. The second-order valence-corrected chi connectivity index (χ2v) is 21.5. The fraction of sp³-hybridized carbons (Fsp3) is 0.525. The molecule has 1 saturated heterocycles. The van der Waals surface area contributed by atoms with E-state index in [1.165, 1.54) is 59.0 Å². The molecule has 2 aliphatic heterocycles. The van der Waals surface area contributed by atoms with Crippen molar-refractivity contribution in [2.75, 3.05) is 134 Å². The molecule has 3 aromatic rings. The van der Waals surface area contributed by atoms with E-state index in [0.717, 1.165) is 15.6 Å². The van der Waals surface area contributed by atoms with Crippen LogP contribution in [-0.2, 0) is 80.4 Å². The fourth-order valence-electron chi connectivity index (χ4n) is 9.50. The number of carbonyl (C=O) groups excluding carboxylic acids is 8. The van der Waals surface area contributed by atoms with Crippen molar-refractivity contribution < 1.29 is 71.5 Å². The maximum absolute atomic E-state index is 14.5. The highest BCUT2D eigenvalue weighted by molar-refractivity contribution is 9.10. The Labute approximate surface area is 494 Å². The summed E-state index contributed by atoms with van der Waals surface area (Å²) < 4.78 is 38.4. The van der Waals surface area contributed by atoms with Gasteiger partial charge in [0.05, 0.1) is 70.8 Å². The molecular weight excluding hydrogens is 1140 g/mol. The van der Waals surface area contributed by atoms with Crippen molar-refractivity contribution in [2.45, 2.75) is 57.7 Å². The highest BCUT2D eigenvalue weighted by atomic mass is 79.9. The molecule has 0 aliphatic carbocycles. The van der Waals surface area contributed by atoms with E-state index in [9.17, 15) is 38.4 Å². The molecule has 23 nitrogen and oxygen atoms in total. The molecule has 4 atom stereocenters. The predicted octanol–water partition coefficient (Wildman–Crippen LogP) is 2.31. The van der Waals surface area contributed by atoms with Crippen LogP contribution in [0.15, 0.2) is 89.4 Å². The van der Waals surface area contributed by atoms with E-state index in [0.29, 0.717) is 23.5 Å². The lowest BCUT2D eigenvalue weighted by Gasteiger charge is -2.40. The van der Waals surface area contributed by atoms with Gasteiger partial charge in [-0.3, -0.25) is 33.6 Å². The van der Waals surface area contributed by atoms with Gasteiger partial charge in [-0.25, -0.2) is 4.79 Å². The molecule has 83 heavy (non-hydrogen) atoms. The van der Waals surface area contributed by atoms with E-state index >= 15 is 0 Å². The standard InChI is InChI=1S/C59H81BrN8O15/c1-41(2)46(59(3,44-15-19-49-50(34-44)83-40-82-49)63-57(75)47(61)33-43-11-9-8-10-12-43)18-20-52(70)66(25-30-78-5)37-55(73)68(27-32-80-7)39-56(74)67(26-31-79-6)38-53(71)64(23-21-42-13-16-45(60)17-14-42)36-54(72)65(24-29-77-4)35-51(69)62-48-22-28-81-58(48)76/h8-20,34,41,46-48H,21-33,35-40,61H2,1-7H3,(H,62,69)(H,63,75)/b20-18+/t46-,47-,48-,59+/m0/s1. The van der Waals surface area contributed by atoms with Crippen LogP contribution in [-0.4, -0.2) is 218 Å². The van der Waals surface area contributed by atoms with Crippen molar-refractivity contribution in [3.8, 4) is 11.5 Å². The van der Waals surface area contributed by atoms with Crippen LogP contribution in [0.5, 0.6) is 11.5 Å². The van der Waals surface area contributed by atoms with Crippen molar-refractivity contribution in [1.29, 1.82) is 0 Å². The van der Waals surface area contributed by atoms with E-state index in [1.807, 2.05) is 81.4 Å². The number of halogens is 1. The van der Waals surface area contributed by atoms with Crippen molar-refractivity contribution in [2.24, 2.45) is 17.6 Å². The van der Waals surface area contributed by atoms with Gasteiger partial charge in [0.2, 0.25) is 48.1 Å². The van der Waals surface area contributed by atoms with Gasteiger partial charge in [-0.05, 0) is 72.7 Å². The van der Waals surface area contributed by atoms with Crippen LogP contribution in [0.4, 0.5) is 0 Å². The van der Waals surface area contributed by atoms with Crippen molar-refractivity contribution in [1.82, 2.24) is 35.1 Å². The molecule has 24 heteroatoms. The Hall–Kier alpha value is -6.96. The van der Waals surface area contributed by atoms with Crippen molar-refractivity contribution in [3.05, 3.63) is 106 Å². The summed E-state index contributed by atoms with van der Waals surface area (Å²) in [5, 5.41) is 5.83. The van der Waals surface area contributed by atoms with Gasteiger partial charge in [-0.2, -0.15) is 0 Å². The van der Waals surface area contributed by atoms with Crippen LogP contribution in [0.3, 0.4) is 0 Å². The van der Waals surface area contributed by atoms with Crippen molar-refractivity contribution in [3.63, 3.8) is 0 Å². The summed E-state index contributed by atoms with van der Waals surface area (Å²) in [6.45, 7) is 3.59. The molecule has 2 heterocycles. The Morgan fingerprint density at radius 3 is 1.72 bits per heavy atom. The number of rotatable bonds is 35. The first kappa shape index (κ1) is 66.8. The highest BCUT2D eigenvalue weighted by Crippen LogP contribution is 2.41. The minimum absolute atomic E-state index is 0.00744. The number of ether oxygens (including phenoxy) is 7. The largest absolute Gasteiger partial charge is 0.464 e. The van der Waals surface area contributed by atoms with Gasteiger partial charge in [0.25, 0.3) is 0 Å². The minimum atomic E-state index is -1.17. The molecule has 454 valence electrons. The lowest BCUT2D eigenvalue weighted by Crippen LogP contribution is -2.55. The zero-order chi connectivity index (χ0) is 60.5. The van der Waals surface area contributed by atoms with Crippen LogP contribution in [0.25, 0.3) is 0 Å². The Morgan fingerprint density at radius 1 is 0.675 bits per heavy atom. The summed E-state index contributed by atoms with van der Waals surface area (Å²) in [5.74, 6) is -4.26. The van der Waals surface area contributed by atoms with Crippen LogP contribution in [0, 0.1) is 11.8 Å². The second-order valence-electron chi connectivity index (χ2n) is 20.6. The van der Waals surface area contributed by atoms with Gasteiger partial charge >= 0.3 is 5.97 Å². The summed E-state index contributed by atoms with van der Waals surface area (Å²) in [6.07, 6.45) is 3.97. The molecule has 5 rings (SSSR count). The molecule has 0 spiro atoms.